The van der Waals surface area contributed by atoms with Crippen LogP contribution in [0.25, 0.3) is 33.1 Å². The Balaban J connectivity index is 2.08. The fourth-order valence-corrected chi connectivity index (χ4v) is 2.26. The zero-order valence-electron chi connectivity index (χ0n) is 9.51. The minimum Gasteiger partial charge on any atom is -0.460 e. The summed E-state index contributed by atoms with van der Waals surface area (Å²) in [6.07, 6.45) is 3.49. The summed E-state index contributed by atoms with van der Waals surface area (Å²) in [4.78, 5) is 0. The predicted octanol–water partition coefficient (Wildman–Crippen LogP) is 4.65. The van der Waals surface area contributed by atoms with Gasteiger partial charge >= 0.3 is 0 Å². The lowest BCUT2D eigenvalue weighted by Gasteiger charge is -1.94. The highest BCUT2D eigenvalue weighted by Gasteiger charge is 2.14. The van der Waals surface area contributed by atoms with Crippen LogP contribution in [-0.2, 0) is 0 Å². The molecule has 0 saturated carbocycles. The van der Waals surface area contributed by atoms with E-state index in [1.807, 2.05) is 42.5 Å². The van der Waals surface area contributed by atoms with Gasteiger partial charge in [-0.15, -0.1) is 0 Å². The smallest absolute Gasteiger partial charge is 0.178 e. The molecule has 2 heteroatoms. The first-order chi connectivity index (χ1) is 8.93. The first-order valence-electron chi connectivity index (χ1n) is 5.78. The van der Waals surface area contributed by atoms with E-state index in [9.17, 15) is 0 Å². The zero-order valence-corrected chi connectivity index (χ0v) is 9.51. The van der Waals surface area contributed by atoms with Crippen molar-refractivity contribution in [1.82, 2.24) is 0 Å². The standard InChI is InChI=1S/C16H9O2/c1-3-7-13-11(5-1)9-17-15(13)16-14-8-4-2-6-12(14)10-18-16/h1-7,9-10H. The molecule has 0 saturated heterocycles. The maximum Gasteiger partial charge on any atom is 0.178 e. The van der Waals surface area contributed by atoms with Crippen LogP contribution in [0, 0.1) is 6.07 Å². The molecule has 0 spiro atoms. The van der Waals surface area contributed by atoms with Crippen molar-refractivity contribution in [2.75, 3.05) is 0 Å². The van der Waals surface area contributed by atoms with Crippen LogP contribution in [0.15, 0.2) is 63.8 Å². The van der Waals surface area contributed by atoms with Gasteiger partial charge in [-0.1, -0.05) is 42.5 Å². The Bertz CT molecular complexity index is 764. The summed E-state index contributed by atoms with van der Waals surface area (Å²) < 4.78 is 11.3. The van der Waals surface area contributed by atoms with Crippen molar-refractivity contribution in [1.29, 1.82) is 0 Å². The Morgan fingerprint density at radius 2 is 1.56 bits per heavy atom. The van der Waals surface area contributed by atoms with E-state index in [0.29, 0.717) is 0 Å². The normalized spacial score (nSPS) is 11.3. The predicted molar refractivity (Wildman–Crippen MR) is 70.3 cm³/mol. The molecule has 0 fully saturated rings. The number of hydrogen-bond acceptors (Lipinski definition) is 2. The van der Waals surface area contributed by atoms with Crippen LogP contribution in [-0.4, -0.2) is 0 Å². The van der Waals surface area contributed by atoms with Crippen LogP contribution in [0.1, 0.15) is 0 Å². The molecule has 0 aliphatic heterocycles. The third-order valence-electron chi connectivity index (χ3n) is 3.13. The van der Waals surface area contributed by atoms with Crippen molar-refractivity contribution in [3.8, 4) is 11.5 Å². The molecular formula is C16H9O2. The highest BCUT2D eigenvalue weighted by atomic mass is 16.4. The molecule has 0 N–H and O–H groups in total. The molecule has 1 radical (unpaired) electrons. The summed E-state index contributed by atoms with van der Waals surface area (Å²) in [5.41, 5.74) is 0. The number of benzene rings is 2. The summed E-state index contributed by atoms with van der Waals surface area (Å²) in [6.45, 7) is 0. The third kappa shape index (κ3) is 1.23. The van der Waals surface area contributed by atoms with Crippen molar-refractivity contribution in [2.45, 2.75) is 0 Å². The van der Waals surface area contributed by atoms with Gasteiger partial charge in [-0.3, -0.25) is 0 Å². The maximum absolute atomic E-state index is 5.65. The van der Waals surface area contributed by atoms with E-state index in [1.165, 1.54) is 0 Å². The largest absolute Gasteiger partial charge is 0.460 e. The van der Waals surface area contributed by atoms with Crippen molar-refractivity contribution in [3.05, 3.63) is 61.1 Å². The number of furan rings is 2. The fraction of sp³-hybridized carbons (Fsp3) is 0. The minimum absolute atomic E-state index is 0.742. The van der Waals surface area contributed by atoms with E-state index in [-0.39, 0.29) is 0 Å². The molecule has 0 aliphatic rings. The molecule has 0 atom stereocenters. The summed E-state index contributed by atoms with van der Waals surface area (Å²) in [7, 11) is 0. The lowest BCUT2D eigenvalue weighted by Crippen LogP contribution is -1.72. The topological polar surface area (TPSA) is 26.3 Å². The maximum atomic E-state index is 5.65. The molecule has 2 aromatic heterocycles. The first-order valence-corrected chi connectivity index (χ1v) is 5.78. The number of hydrogen-bond donors (Lipinski definition) is 0. The Morgan fingerprint density at radius 3 is 2.56 bits per heavy atom. The Kier molecular flexibility index (Phi) is 1.86. The van der Waals surface area contributed by atoms with E-state index in [2.05, 4.69) is 6.07 Å². The van der Waals surface area contributed by atoms with E-state index in [0.717, 1.165) is 33.1 Å². The van der Waals surface area contributed by atoms with Gasteiger partial charge in [0.25, 0.3) is 0 Å². The average molecular weight is 233 g/mol. The van der Waals surface area contributed by atoms with Crippen LogP contribution in [0.5, 0.6) is 0 Å². The van der Waals surface area contributed by atoms with Gasteiger partial charge < -0.3 is 8.83 Å². The average Bonchev–Trinajstić information content (AvgIpc) is 3.01. The van der Waals surface area contributed by atoms with Crippen LogP contribution in [0.3, 0.4) is 0 Å². The SMILES string of the molecule is [c]1cccc2coc(-c3occ4ccccc34)c12. The second-order valence-corrected chi connectivity index (χ2v) is 4.22. The lowest BCUT2D eigenvalue weighted by atomic mass is 10.1. The van der Waals surface area contributed by atoms with Crippen LogP contribution < -0.4 is 0 Å². The lowest BCUT2D eigenvalue weighted by molar-refractivity contribution is 0.530. The minimum atomic E-state index is 0.742. The molecule has 4 rings (SSSR count). The Morgan fingerprint density at radius 1 is 0.778 bits per heavy atom. The summed E-state index contributed by atoms with van der Waals surface area (Å²) in [5.74, 6) is 1.51. The van der Waals surface area contributed by atoms with Gasteiger partial charge in [-0.25, -0.2) is 0 Å². The van der Waals surface area contributed by atoms with Gasteiger partial charge in [0.15, 0.2) is 11.5 Å². The highest BCUT2D eigenvalue weighted by Crippen LogP contribution is 2.35. The van der Waals surface area contributed by atoms with E-state index < -0.39 is 0 Å². The van der Waals surface area contributed by atoms with Gasteiger partial charge in [-0.05, 0) is 6.07 Å². The zero-order chi connectivity index (χ0) is 11.9. The summed E-state index contributed by atoms with van der Waals surface area (Å²) in [6, 6.07) is 17.1. The molecule has 4 aromatic rings. The van der Waals surface area contributed by atoms with Gasteiger partial charge in [-0.2, -0.15) is 0 Å². The third-order valence-corrected chi connectivity index (χ3v) is 3.13. The number of rotatable bonds is 1. The monoisotopic (exact) mass is 233 g/mol. The van der Waals surface area contributed by atoms with Crippen molar-refractivity contribution in [3.63, 3.8) is 0 Å². The quantitative estimate of drug-likeness (QED) is 0.478. The first kappa shape index (κ1) is 9.54. The fourth-order valence-electron chi connectivity index (χ4n) is 2.26. The van der Waals surface area contributed by atoms with Gasteiger partial charge in [0, 0.05) is 21.5 Å². The van der Waals surface area contributed by atoms with Crippen LogP contribution >= 0.6 is 0 Å². The molecule has 0 amide bonds. The van der Waals surface area contributed by atoms with E-state index >= 15 is 0 Å². The van der Waals surface area contributed by atoms with Crippen LogP contribution in [0.2, 0.25) is 0 Å². The molecule has 85 valence electrons. The van der Waals surface area contributed by atoms with E-state index in [4.69, 9.17) is 8.83 Å². The molecule has 0 bridgehead atoms. The second-order valence-electron chi connectivity index (χ2n) is 4.22. The molecule has 2 aromatic carbocycles. The second kappa shape index (κ2) is 3.50. The Labute approximate surface area is 103 Å². The van der Waals surface area contributed by atoms with Gasteiger partial charge in [0.2, 0.25) is 0 Å². The molecule has 18 heavy (non-hydrogen) atoms. The van der Waals surface area contributed by atoms with E-state index in [1.54, 1.807) is 12.5 Å². The van der Waals surface area contributed by atoms with Gasteiger partial charge in [0.05, 0.1) is 12.5 Å². The molecular weight excluding hydrogens is 224 g/mol. The van der Waals surface area contributed by atoms with Crippen molar-refractivity contribution >= 4 is 21.5 Å². The van der Waals surface area contributed by atoms with Gasteiger partial charge in [0.1, 0.15) is 0 Å². The summed E-state index contributed by atoms with van der Waals surface area (Å²) >= 11 is 0. The molecule has 0 aliphatic carbocycles. The number of fused-ring (bicyclic) bond motifs is 2. The molecule has 2 heterocycles. The highest BCUT2D eigenvalue weighted by molar-refractivity contribution is 6.01. The molecule has 0 unspecified atom stereocenters. The summed E-state index contributed by atoms with van der Waals surface area (Å²) in [5, 5.41) is 4.13. The van der Waals surface area contributed by atoms with Crippen LogP contribution in [0.4, 0.5) is 0 Å². The Hall–Kier alpha value is -2.48. The van der Waals surface area contributed by atoms with Crippen molar-refractivity contribution < 1.29 is 8.83 Å². The van der Waals surface area contributed by atoms with Crippen molar-refractivity contribution in [2.24, 2.45) is 0 Å². The molecule has 2 nitrogen and oxygen atoms in total.